The summed E-state index contributed by atoms with van der Waals surface area (Å²) in [6.45, 7) is 0.342. The van der Waals surface area contributed by atoms with E-state index in [0.29, 0.717) is 17.3 Å². The van der Waals surface area contributed by atoms with Crippen molar-refractivity contribution in [2.24, 2.45) is 0 Å². The van der Waals surface area contributed by atoms with Gasteiger partial charge in [0.1, 0.15) is 11.5 Å². The molecule has 3 aromatic rings. The second-order valence-electron chi connectivity index (χ2n) is 4.72. The third kappa shape index (κ3) is 3.06. The predicted octanol–water partition coefficient (Wildman–Crippen LogP) is 3.89. The van der Waals surface area contributed by atoms with Gasteiger partial charge in [0, 0.05) is 22.5 Å². The molecule has 0 bridgehead atoms. The molecule has 5 heteroatoms. The van der Waals surface area contributed by atoms with Crippen molar-refractivity contribution in [3.05, 3.63) is 70.6 Å². The van der Waals surface area contributed by atoms with E-state index < -0.39 is 0 Å². The van der Waals surface area contributed by atoms with E-state index in [9.17, 15) is 9.18 Å². The predicted molar refractivity (Wildman–Crippen MR) is 80.9 cm³/mol. The zero-order valence-corrected chi connectivity index (χ0v) is 11.7. The van der Waals surface area contributed by atoms with Gasteiger partial charge in [-0.15, -0.1) is 0 Å². The van der Waals surface area contributed by atoms with Crippen molar-refractivity contribution in [3.63, 3.8) is 0 Å². The second kappa shape index (κ2) is 5.58. The van der Waals surface area contributed by atoms with Gasteiger partial charge >= 0.3 is 0 Å². The molecule has 0 unspecified atom stereocenters. The number of carbonyl (C=O) groups is 1. The summed E-state index contributed by atoms with van der Waals surface area (Å²) in [5, 5.41) is 4.32. The van der Waals surface area contributed by atoms with E-state index in [1.165, 1.54) is 12.1 Å². The number of hydrogen-bond donors (Lipinski definition) is 2. The van der Waals surface area contributed by atoms with E-state index in [2.05, 4.69) is 10.3 Å². The molecule has 0 atom stereocenters. The Hall–Kier alpha value is -2.33. The summed E-state index contributed by atoms with van der Waals surface area (Å²) >= 11 is 5.91. The Morgan fingerprint density at radius 3 is 2.67 bits per heavy atom. The third-order valence-corrected chi connectivity index (χ3v) is 3.43. The lowest BCUT2D eigenvalue weighted by Crippen LogP contribution is -2.23. The molecule has 1 amide bonds. The molecule has 3 nitrogen and oxygen atoms in total. The van der Waals surface area contributed by atoms with E-state index in [1.54, 1.807) is 30.3 Å². The molecular weight excluding hydrogens is 291 g/mol. The summed E-state index contributed by atoms with van der Waals surface area (Å²) in [6.07, 6.45) is 0. The van der Waals surface area contributed by atoms with Gasteiger partial charge in [-0.05, 0) is 35.9 Å². The second-order valence-corrected chi connectivity index (χ2v) is 5.16. The van der Waals surface area contributed by atoms with Gasteiger partial charge < -0.3 is 10.3 Å². The number of nitrogens with one attached hydrogen (secondary N) is 2. The van der Waals surface area contributed by atoms with Crippen LogP contribution < -0.4 is 5.32 Å². The van der Waals surface area contributed by atoms with E-state index in [-0.39, 0.29) is 11.7 Å². The number of fused-ring (bicyclic) bond motifs is 1. The van der Waals surface area contributed by atoms with Crippen LogP contribution >= 0.6 is 11.6 Å². The zero-order valence-electron chi connectivity index (χ0n) is 11.0. The molecule has 1 heterocycles. The molecule has 0 radical (unpaired) electrons. The summed E-state index contributed by atoms with van der Waals surface area (Å²) < 4.78 is 12.8. The lowest BCUT2D eigenvalue weighted by atomic mass is 10.2. The first-order valence-electron chi connectivity index (χ1n) is 6.43. The fourth-order valence-electron chi connectivity index (χ4n) is 2.10. The van der Waals surface area contributed by atoms with Crippen LogP contribution in [0.2, 0.25) is 5.02 Å². The number of aromatic amines is 1. The zero-order chi connectivity index (χ0) is 14.8. The van der Waals surface area contributed by atoms with Crippen LogP contribution in [0.5, 0.6) is 0 Å². The number of rotatable bonds is 3. The first-order valence-corrected chi connectivity index (χ1v) is 6.80. The van der Waals surface area contributed by atoms with E-state index >= 15 is 0 Å². The Kier molecular flexibility index (Phi) is 3.62. The average Bonchev–Trinajstić information content (AvgIpc) is 2.89. The van der Waals surface area contributed by atoms with Gasteiger partial charge in [0.05, 0.1) is 0 Å². The molecule has 0 fully saturated rings. The number of carbonyl (C=O) groups excluding carboxylic acids is 1. The Morgan fingerprint density at radius 2 is 1.90 bits per heavy atom. The van der Waals surface area contributed by atoms with E-state index in [4.69, 9.17) is 11.6 Å². The first-order chi connectivity index (χ1) is 10.1. The molecule has 2 N–H and O–H groups in total. The molecule has 3 rings (SSSR count). The van der Waals surface area contributed by atoms with Crippen LogP contribution in [0.15, 0.2) is 48.5 Å². The fourth-order valence-corrected chi connectivity index (χ4v) is 2.27. The molecule has 21 heavy (non-hydrogen) atoms. The Morgan fingerprint density at radius 1 is 1.14 bits per heavy atom. The van der Waals surface area contributed by atoms with Crippen molar-refractivity contribution in [2.45, 2.75) is 6.54 Å². The van der Waals surface area contributed by atoms with Gasteiger partial charge in [0.25, 0.3) is 5.91 Å². The SMILES string of the molecule is O=C(NCc1ccc(F)cc1)c1cc2ccc(Cl)cc2[nH]1. The molecule has 106 valence electrons. The van der Waals surface area contributed by atoms with Crippen molar-refractivity contribution < 1.29 is 9.18 Å². The van der Waals surface area contributed by atoms with Gasteiger partial charge in [0.2, 0.25) is 0 Å². The summed E-state index contributed by atoms with van der Waals surface area (Å²) in [7, 11) is 0. The number of H-pyrrole nitrogens is 1. The largest absolute Gasteiger partial charge is 0.350 e. The molecule has 1 aromatic heterocycles. The van der Waals surface area contributed by atoms with E-state index in [1.807, 2.05) is 6.07 Å². The fraction of sp³-hybridized carbons (Fsp3) is 0.0625. The van der Waals surface area contributed by atoms with Crippen LogP contribution in [0.4, 0.5) is 4.39 Å². The van der Waals surface area contributed by atoms with Crippen molar-refractivity contribution in [3.8, 4) is 0 Å². The van der Waals surface area contributed by atoms with Crippen LogP contribution in [-0.4, -0.2) is 10.9 Å². The van der Waals surface area contributed by atoms with Crippen molar-refractivity contribution in [1.82, 2.24) is 10.3 Å². The number of halogens is 2. The summed E-state index contributed by atoms with van der Waals surface area (Å²) in [6, 6.07) is 13.2. The quantitative estimate of drug-likeness (QED) is 0.757. The highest BCUT2D eigenvalue weighted by Gasteiger charge is 2.09. The highest BCUT2D eigenvalue weighted by molar-refractivity contribution is 6.31. The molecule has 0 spiro atoms. The lowest BCUT2D eigenvalue weighted by Gasteiger charge is -2.03. The average molecular weight is 303 g/mol. The minimum Gasteiger partial charge on any atom is -0.350 e. The Balaban J connectivity index is 1.73. The summed E-state index contributed by atoms with van der Waals surface area (Å²) in [5.74, 6) is -0.510. The van der Waals surface area contributed by atoms with Gasteiger partial charge in [0.15, 0.2) is 0 Å². The molecule has 0 aliphatic heterocycles. The molecule has 0 saturated carbocycles. The van der Waals surface area contributed by atoms with Gasteiger partial charge in [-0.3, -0.25) is 4.79 Å². The summed E-state index contributed by atoms with van der Waals surface area (Å²) in [4.78, 5) is 15.1. The molecule has 0 aliphatic rings. The number of amides is 1. The minimum atomic E-state index is -0.294. The highest BCUT2D eigenvalue weighted by atomic mass is 35.5. The first kappa shape index (κ1) is 13.6. The summed E-state index contributed by atoms with van der Waals surface area (Å²) in [5.41, 5.74) is 2.12. The molecule has 2 aromatic carbocycles. The van der Waals surface area contributed by atoms with Crippen LogP contribution in [0, 0.1) is 5.82 Å². The third-order valence-electron chi connectivity index (χ3n) is 3.20. The maximum absolute atomic E-state index is 12.8. The van der Waals surface area contributed by atoms with Crippen LogP contribution in [0.25, 0.3) is 10.9 Å². The molecule has 0 saturated heterocycles. The standard InChI is InChI=1S/C16H12ClFN2O/c17-12-4-3-11-7-15(20-14(11)8-12)16(21)19-9-10-1-5-13(18)6-2-10/h1-8,20H,9H2,(H,19,21). The van der Waals surface area contributed by atoms with Crippen molar-refractivity contribution in [1.29, 1.82) is 0 Å². The van der Waals surface area contributed by atoms with E-state index in [0.717, 1.165) is 16.5 Å². The van der Waals surface area contributed by atoms with Crippen LogP contribution in [0.1, 0.15) is 16.1 Å². The van der Waals surface area contributed by atoms with Crippen molar-refractivity contribution >= 4 is 28.4 Å². The van der Waals surface area contributed by atoms with Gasteiger partial charge in [-0.1, -0.05) is 29.8 Å². The van der Waals surface area contributed by atoms with Gasteiger partial charge in [-0.25, -0.2) is 4.39 Å². The van der Waals surface area contributed by atoms with Gasteiger partial charge in [-0.2, -0.15) is 0 Å². The highest BCUT2D eigenvalue weighted by Crippen LogP contribution is 2.19. The smallest absolute Gasteiger partial charge is 0.267 e. The maximum atomic E-state index is 12.8. The number of aromatic nitrogens is 1. The number of hydrogen-bond acceptors (Lipinski definition) is 1. The van der Waals surface area contributed by atoms with Crippen LogP contribution in [0.3, 0.4) is 0 Å². The molecular formula is C16H12ClFN2O. The lowest BCUT2D eigenvalue weighted by molar-refractivity contribution is 0.0947. The normalized spacial score (nSPS) is 10.8. The van der Waals surface area contributed by atoms with Crippen molar-refractivity contribution in [2.75, 3.05) is 0 Å². The maximum Gasteiger partial charge on any atom is 0.267 e. The van der Waals surface area contributed by atoms with Crippen LogP contribution in [-0.2, 0) is 6.54 Å². The Labute approximate surface area is 125 Å². The minimum absolute atomic E-state index is 0.216. The molecule has 0 aliphatic carbocycles. The number of benzene rings is 2. The topological polar surface area (TPSA) is 44.9 Å². The monoisotopic (exact) mass is 302 g/mol. The Bertz CT molecular complexity index is 796.